The summed E-state index contributed by atoms with van der Waals surface area (Å²) in [4.78, 5) is 23.7. The quantitative estimate of drug-likeness (QED) is 0.371. The Morgan fingerprint density at radius 3 is 1.50 bits per heavy atom. The lowest BCUT2D eigenvalue weighted by Gasteiger charge is -2.19. The summed E-state index contributed by atoms with van der Waals surface area (Å²) in [6.07, 6.45) is 14.6. The maximum absolute atomic E-state index is 11.9. The van der Waals surface area contributed by atoms with Crippen LogP contribution in [-0.4, -0.2) is 24.9 Å². The number of allylic oxidation sites excluding steroid dienone is 4. The molecule has 6 nitrogen and oxygen atoms in total. The van der Waals surface area contributed by atoms with Gasteiger partial charge in [-0.15, -0.1) is 0 Å². The first-order chi connectivity index (χ1) is 12.7. The van der Waals surface area contributed by atoms with Crippen molar-refractivity contribution in [3.05, 3.63) is 24.3 Å². The predicted octanol–water partition coefficient (Wildman–Crippen LogP) is 1.43. The number of fused-ring (bicyclic) bond motifs is 4. The molecule has 6 heteroatoms. The maximum atomic E-state index is 11.9. The third-order valence-corrected chi connectivity index (χ3v) is 6.60. The first-order valence-electron chi connectivity index (χ1n) is 10.1. The van der Waals surface area contributed by atoms with Crippen LogP contribution < -0.4 is 21.7 Å². The molecule has 4 aliphatic carbocycles. The van der Waals surface area contributed by atoms with Gasteiger partial charge >= 0.3 is 0 Å². The van der Waals surface area contributed by atoms with Gasteiger partial charge in [0, 0.05) is 25.9 Å². The van der Waals surface area contributed by atoms with E-state index in [0.29, 0.717) is 23.7 Å². The van der Waals surface area contributed by atoms with Crippen LogP contribution in [-0.2, 0) is 9.59 Å². The molecule has 2 fully saturated rings. The molecule has 0 aromatic carbocycles. The molecule has 0 aromatic rings. The molecule has 0 spiro atoms. The fourth-order valence-corrected chi connectivity index (χ4v) is 5.17. The average Bonchev–Trinajstić information content (AvgIpc) is 3.41. The van der Waals surface area contributed by atoms with Gasteiger partial charge in [-0.25, -0.2) is 10.9 Å². The Morgan fingerprint density at radius 1 is 0.692 bits per heavy atom. The zero-order valence-corrected chi connectivity index (χ0v) is 15.2. The Hall–Kier alpha value is -1.66. The van der Waals surface area contributed by atoms with Gasteiger partial charge in [0.15, 0.2) is 0 Å². The maximum Gasteiger partial charge on any atom is 0.234 e. The lowest BCUT2D eigenvalue weighted by atomic mass is 9.94. The number of hydrogen-bond donors (Lipinski definition) is 4. The second-order valence-electron chi connectivity index (χ2n) is 8.44. The molecule has 2 saturated carbocycles. The fourth-order valence-electron chi connectivity index (χ4n) is 5.17. The van der Waals surface area contributed by atoms with E-state index in [1.54, 1.807) is 0 Å². The molecular weight excluding hydrogens is 328 g/mol. The molecule has 26 heavy (non-hydrogen) atoms. The van der Waals surface area contributed by atoms with Gasteiger partial charge in [-0.2, -0.15) is 0 Å². The minimum atomic E-state index is -0.128. The van der Waals surface area contributed by atoms with Gasteiger partial charge < -0.3 is 0 Å². The summed E-state index contributed by atoms with van der Waals surface area (Å²) in [5, 5.41) is 0. The summed E-state index contributed by atoms with van der Waals surface area (Å²) in [5.41, 5.74) is 11.5. The average molecular weight is 358 g/mol. The van der Waals surface area contributed by atoms with Crippen LogP contribution in [0.1, 0.15) is 38.5 Å². The number of rotatable bonds is 9. The molecule has 0 heterocycles. The number of carbonyl (C=O) groups is 2. The zero-order valence-electron chi connectivity index (χ0n) is 15.2. The standard InChI is InChI=1S/C20H30N4O2/c25-19(23-21-11-17-9-13-1-3-15(17)7-13)5-6-20(26)24-22-12-18-10-14-2-4-16(18)8-14/h1-4,13-18,21-22H,5-12H2,(H,23,25)(H,24,26)/t13-,14-,15-,16-,17-,18+/m0/s1. The van der Waals surface area contributed by atoms with Crippen LogP contribution >= 0.6 is 0 Å². The van der Waals surface area contributed by atoms with E-state index in [1.807, 2.05) is 0 Å². The topological polar surface area (TPSA) is 82.3 Å². The van der Waals surface area contributed by atoms with Gasteiger partial charge in [-0.05, 0) is 61.2 Å². The van der Waals surface area contributed by atoms with E-state index < -0.39 is 0 Å². The Labute approximate surface area is 155 Å². The van der Waals surface area contributed by atoms with Gasteiger partial charge in [-0.1, -0.05) is 24.3 Å². The molecule has 4 rings (SSSR count). The molecule has 4 bridgehead atoms. The smallest absolute Gasteiger partial charge is 0.234 e. The second kappa shape index (κ2) is 7.92. The van der Waals surface area contributed by atoms with Crippen LogP contribution in [0.25, 0.3) is 0 Å². The van der Waals surface area contributed by atoms with Crippen molar-refractivity contribution in [3.63, 3.8) is 0 Å². The summed E-state index contributed by atoms with van der Waals surface area (Å²) in [5.74, 6) is 3.83. The Morgan fingerprint density at radius 2 is 1.15 bits per heavy atom. The number of hydrogen-bond acceptors (Lipinski definition) is 4. The van der Waals surface area contributed by atoms with Gasteiger partial charge in [-0.3, -0.25) is 20.4 Å². The summed E-state index contributed by atoms with van der Waals surface area (Å²) < 4.78 is 0. The minimum Gasteiger partial charge on any atom is -0.292 e. The second-order valence-corrected chi connectivity index (χ2v) is 8.44. The molecule has 0 radical (unpaired) electrons. The van der Waals surface area contributed by atoms with Crippen molar-refractivity contribution in [2.45, 2.75) is 38.5 Å². The summed E-state index contributed by atoms with van der Waals surface area (Å²) in [6, 6.07) is 0. The molecule has 2 amide bonds. The van der Waals surface area contributed by atoms with Crippen LogP contribution in [0.3, 0.4) is 0 Å². The Kier molecular flexibility index (Phi) is 5.41. The van der Waals surface area contributed by atoms with Gasteiger partial charge in [0.1, 0.15) is 0 Å². The summed E-state index contributed by atoms with van der Waals surface area (Å²) in [7, 11) is 0. The van der Waals surface area contributed by atoms with E-state index in [-0.39, 0.29) is 24.7 Å². The molecule has 142 valence electrons. The number of carbonyl (C=O) groups excluding carboxylic acids is 2. The van der Waals surface area contributed by atoms with Crippen LogP contribution in [0.5, 0.6) is 0 Å². The van der Waals surface area contributed by atoms with Crippen molar-refractivity contribution >= 4 is 11.8 Å². The van der Waals surface area contributed by atoms with E-state index in [9.17, 15) is 9.59 Å². The van der Waals surface area contributed by atoms with Crippen LogP contribution in [0, 0.1) is 35.5 Å². The molecule has 0 saturated heterocycles. The van der Waals surface area contributed by atoms with Crippen molar-refractivity contribution in [2.24, 2.45) is 35.5 Å². The van der Waals surface area contributed by atoms with Crippen LogP contribution in [0.15, 0.2) is 24.3 Å². The van der Waals surface area contributed by atoms with E-state index in [1.165, 1.54) is 25.7 Å². The lowest BCUT2D eigenvalue weighted by molar-refractivity contribution is -0.127. The molecule has 0 aliphatic heterocycles. The van der Waals surface area contributed by atoms with E-state index in [2.05, 4.69) is 46.0 Å². The van der Waals surface area contributed by atoms with Gasteiger partial charge in [0.2, 0.25) is 11.8 Å². The molecule has 4 aliphatic rings. The normalized spacial score (nSPS) is 36.0. The largest absolute Gasteiger partial charge is 0.292 e. The van der Waals surface area contributed by atoms with E-state index in [0.717, 1.165) is 24.9 Å². The van der Waals surface area contributed by atoms with Crippen LogP contribution in [0.2, 0.25) is 0 Å². The highest BCUT2D eigenvalue weighted by Crippen LogP contribution is 2.43. The zero-order chi connectivity index (χ0) is 17.9. The lowest BCUT2D eigenvalue weighted by Crippen LogP contribution is -2.43. The van der Waals surface area contributed by atoms with Crippen molar-refractivity contribution in [1.29, 1.82) is 0 Å². The SMILES string of the molecule is O=C(CCC(=O)NNC[C@H]1C[C@H]2C=C[C@H]1C2)NNC[C@@H]1C[C@H]2C=C[C@H]1C2. The van der Waals surface area contributed by atoms with Crippen molar-refractivity contribution in [3.8, 4) is 0 Å². The highest BCUT2D eigenvalue weighted by molar-refractivity contribution is 5.83. The first-order valence-corrected chi connectivity index (χ1v) is 10.1. The monoisotopic (exact) mass is 358 g/mol. The highest BCUT2D eigenvalue weighted by Gasteiger charge is 2.36. The summed E-state index contributed by atoms with van der Waals surface area (Å²) in [6.45, 7) is 1.62. The third kappa shape index (κ3) is 4.18. The predicted molar refractivity (Wildman–Crippen MR) is 99.2 cm³/mol. The molecular formula is C20H30N4O2. The Balaban J connectivity index is 1.03. The number of amides is 2. The van der Waals surface area contributed by atoms with Crippen LogP contribution in [0.4, 0.5) is 0 Å². The van der Waals surface area contributed by atoms with Gasteiger partial charge in [0.25, 0.3) is 0 Å². The first kappa shape index (κ1) is 17.7. The summed E-state index contributed by atoms with van der Waals surface area (Å²) >= 11 is 0. The number of hydrazine groups is 2. The minimum absolute atomic E-state index is 0.128. The number of nitrogens with one attached hydrogen (secondary N) is 4. The van der Waals surface area contributed by atoms with Crippen molar-refractivity contribution in [1.82, 2.24) is 21.7 Å². The van der Waals surface area contributed by atoms with Gasteiger partial charge in [0.05, 0.1) is 0 Å². The molecule has 0 aromatic heterocycles. The Bertz CT molecular complexity index is 551. The highest BCUT2D eigenvalue weighted by atomic mass is 16.2. The van der Waals surface area contributed by atoms with E-state index >= 15 is 0 Å². The van der Waals surface area contributed by atoms with E-state index in [4.69, 9.17) is 0 Å². The third-order valence-electron chi connectivity index (χ3n) is 6.60. The molecule has 6 atom stereocenters. The fraction of sp³-hybridized carbons (Fsp3) is 0.700. The van der Waals surface area contributed by atoms with Crippen molar-refractivity contribution < 1.29 is 9.59 Å². The molecule has 4 N–H and O–H groups in total. The van der Waals surface area contributed by atoms with Crippen molar-refractivity contribution in [2.75, 3.05) is 13.1 Å². The molecule has 0 unspecified atom stereocenters.